The lowest BCUT2D eigenvalue weighted by Crippen LogP contribution is -2.34. The number of carbonyl (C=O) groups excluding carboxylic acids is 1. The van der Waals surface area contributed by atoms with E-state index in [4.69, 9.17) is 4.74 Å². The molecular formula is C16H15BrN2O2S. The van der Waals surface area contributed by atoms with Crippen LogP contribution in [0.3, 0.4) is 0 Å². The summed E-state index contributed by atoms with van der Waals surface area (Å²) in [6.07, 6.45) is 1.96. The van der Waals surface area contributed by atoms with Crippen LogP contribution in [0, 0.1) is 0 Å². The van der Waals surface area contributed by atoms with E-state index in [9.17, 15) is 4.79 Å². The summed E-state index contributed by atoms with van der Waals surface area (Å²) in [5.74, 6) is -0.307. The van der Waals surface area contributed by atoms with E-state index in [1.807, 2.05) is 54.6 Å². The molecule has 3 rings (SSSR count). The molecule has 0 amide bonds. The van der Waals surface area contributed by atoms with Gasteiger partial charge in [-0.3, -0.25) is 0 Å². The minimum absolute atomic E-state index is 0.213. The van der Waals surface area contributed by atoms with E-state index >= 15 is 0 Å². The number of aliphatic imine (C=N–C) groups is 1. The SMILES string of the molecule is CCOC(=O)C1=C(C)N=C2SC=CN2[C@H]1c1cccc(Br)c1. The van der Waals surface area contributed by atoms with Gasteiger partial charge in [-0.1, -0.05) is 39.8 Å². The molecule has 4 nitrogen and oxygen atoms in total. The Balaban J connectivity index is 2.11. The minimum Gasteiger partial charge on any atom is -0.463 e. The van der Waals surface area contributed by atoms with E-state index in [0.29, 0.717) is 17.9 Å². The molecule has 0 N–H and O–H groups in total. The number of hydrogen-bond acceptors (Lipinski definition) is 5. The monoisotopic (exact) mass is 378 g/mol. The zero-order chi connectivity index (χ0) is 15.7. The number of allylic oxidation sites excluding steroid dienone is 1. The molecule has 0 radical (unpaired) electrons. The molecular weight excluding hydrogens is 364 g/mol. The van der Waals surface area contributed by atoms with Crippen molar-refractivity contribution in [3.05, 3.63) is 57.2 Å². The van der Waals surface area contributed by atoms with E-state index in [-0.39, 0.29) is 12.0 Å². The van der Waals surface area contributed by atoms with Crippen LogP contribution >= 0.6 is 27.7 Å². The number of ether oxygens (including phenoxy) is 1. The van der Waals surface area contributed by atoms with Crippen LogP contribution < -0.4 is 0 Å². The molecule has 0 spiro atoms. The van der Waals surface area contributed by atoms with Gasteiger partial charge in [-0.15, -0.1) is 0 Å². The van der Waals surface area contributed by atoms with Gasteiger partial charge in [0.1, 0.15) is 0 Å². The number of halogens is 1. The molecule has 0 saturated carbocycles. The molecule has 2 aliphatic rings. The van der Waals surface area contributed by atoms with Crippen LogP contribution in [0.4, 0.5) is 0 Å². The Kier molecular flexibility index (Phi) is 4.40. The summed E-state index contributed by atoms with van der Waals surface area (Å²) in [4.78, 5) is 19.0. The van der Waals surface area contributed by atoms with Crippen LogP contribution in [0.2, 0.25) is 0 Å². The van der Waals surface area contributed by atoms with Gasteiger partial charge in [-0.25, -0.2) is 9.79 Å². The van der Waals surface area contributed by atoms with Crippen molar-refractivity contribution in [1.82, 2.24) is 4.90 Å². The van der Waals surface area contributed by atoms with Crippen LogP contribution in [0.1, 0.15) is 25.5 Å². The standard InChI is InChI=1S/C16H15BrN2O2S/c1-3-21-15(20)13-10(2)18-16-19(7-8-22-16)14(13)11-5-4-6-12(17)9-11/h4-9,14H,3H2,1-2H3/t14-/m0/s1. The highest BCUT2D eigenvalue weighted by Crippen LogP contribution is 2.41. The number of nitrogens with zero attached hydrogens (tertiary/aromatic N) is 2. The largest absolute Gasteiger partial charge is 0.463 e. The Hall–Kier alpha value is -1.53. The van der Waals surface area contributed by atoms with Gasteiger partial charge < -0.3 is 9.64 Å². The second-order valence-corrected chi connectivity index (χ2v) is 6.67. The topological polar surface area (TPSA) is 41.9 Å². The van der Waals surface area contributed by atoms with Gasteiger partial charge in [-0.2, -0.15) is 0 Å². The van der Waals surface area contributed by atoms with Crippen molar-refractivity contribution in [3.63, 3.8) is 0 Å². The quantitative estimate of drug-likeness (QED) is 0.738. The number of fused-ring (bicyclic) bond motifs is 1. The lowest BCUT2D eigenvalue weighted by molar-refractivity contribution is -0.139. The fraction of sp³-hybridized carbons (Fsp3) is 0.250. The van der Waals surface area contributed by atoms with E-state index in [1.54, 1.807) is 11.8 Å². The van der Waals surface area contributed by atoms with Gasteiger partial charge in [0, 0.05) is 10.7 Å². The van der Waals surface area contributed by atoms with Crippen molar-refractivity contribution in [2.45, 2.75) is 19.9 Å². The predicted octanol–water partition coefficient (Wildman–Crippen LogP) is 4.22. The third-order valence-corrected chi connectivity index (χ3v) is 4.74. The Morgan fingerprint density at radius 2 is 2.32 bits per heavy atom. The summed E-state index contributed by atoms with van der Waals surface area (Å²) >= 11 is 5.06. The predicted molar refractivity (Wildman–Crippen MR) is 92.2 cm³/mol. The number of esters is 1. The molecule has 1 atom stereocenters. The third kappa shape index (κ3) is 2.73. The van der Waals surface area contributed by atoms with Gasteiger partial charge in [0.05, 0.1) is 23.9 Å². The van der Waals surface area contributed by atoms with Gasteiger partial charge >= 0.3 is 5.97 Å². The minimum atomic E-state index is -0.307. The van der Waals surface area contributed by atoms with E-state index < -0.39 is 0 Å². The van der Waals surface area contributed by atoms with Crippen molar-refractivity contribution in [2.24, 2.45) is 4.99 Å². The molecule has 0 fully saturated rings. The lowest BCUT2D eigenvalue weighted by atomic mass is 9.95. The maximum absolute atomic E-state index is 12.4. The molecule has 2 heterocycles. The van der Waals surface area contributed by atoms with Crippen LogP contribution in [0.25, 0.3) is 0 Å². The molecule has 6 heteroatoms. The van der Waals surface area contributed by atoms with Crippen LogP contribution in [-0.4, -0.2) is 22.6 Å². The number of benzene rings is 1. The second-order valence-electron chi connectivity index (χ2n) is 4.88. The zero-order valence-electron chi connectivity index (χ0n) is 12.2. The first-order valence-corrected chi connectivity index (χ1v) is 8.62. The molecule has 22 heavy (non-hydrogen) atoms. The highest BCUT2D eigenvalue weighted by atomic mass is 79.9. The highest BCUT2D eigenvalue weighted by Gasteiger charge is 2.37. The summed E-state index contributed by atoms with van der Waals surface area (Å²) in [5.41, 5.74) is 2.33. The number of hydrogen-bond donors (Lipinski definition) is 0. The Morgan fingerprint density at radius 1 is 1.50 bits per heavy atom. The fourth-order valence-electron chi connectivity index (χ4n) is 2.57. The summed E-state index contributed by atoms with van der Waals surface area (Å²) in [7, 11) is 0. The Labute approximate surface area is 142 Å². The second kappa shape index (κ2) is 6.30. The molecule has 0 saturated heterocycles. The molecule has 0 bridgehead atoms. The summed E-state index contributed by atoms with van der Waals surface area (Å²) in [6, 6.07) is 7.76. The highest BCUT2D eigenvalue weighted by molar-refractivity contribution is 9.10. The van der Waals surface area contributed by atoms with Crippen molar-refractivity contribution < 1.29 is 9.53 Å². The van der Waals surface area contributed by atoms with Crippen molar-refractivity contribution >= 4 is 38.8 Å². The smallest absolute Gasteiger partial charge is 0.338 e. The number of carbonyl (C=O) groups is 1. The van der Waals surface area contributed by atoms with E-state index in [1.165, 1.54) is 0 Å². The molecule has 1 aromatic rings. The summed E-state index contributed by atoms with van der Waals surface area (Å²) in [6.45, 7) is 4.02. The first-order valence-electron chi connectivity index (χ1n) is 6.95. The molecule has 0 aliphatic carbocycles. The Morgan fingerprint density at radius 3 is 3.05 bits per heavy atom. The molecule has 0 unspecified atom stereocenters. The number of rotatable bonds is 3. The Bertz CT molecular complexity index is 712. The van der Waals surface area contributed by atoms with Gasteiger partial charge in [0.15, 0.2) is 5.17 Å². The molecule has 0 aromatic heterocycles. The van der Waals surface area contributed by atoms with Crippen molar-refractivity contribution in [3.8, 4) is 0 Å². The third-order valence-electron chi connectivity index (χ3n) is 3.48. The van der Waals surface area contributed by atoms with Crippen molar-refractivity contribution in [2.75, 3.05) is 6.61 Å². The van der Waals surface area contributed by atoms with Gasteiger partial charge in [0.2, 0.25) is 0 Å². The summed E-state index contributed by atoms with van der Waals surface area (Å²) < 4.78 is 6.22. The summed E-state index contributed by atoms with van der Waals surface area (Å²) in [5, 5.41) is 2.86. The lowest BCUT2D eigenvalue weighted by Gasteiger charge is -2.33. The number of thioether (sulfide) groups is 1. The fourth-order valence-corrected chi connectivity index (χ4v) is 3.78. The maximum atomic E-state index is 12.4. The average Bonchev–Trinajstić information content (AvgIpc) is 2.93. The molecule has 114 valence electrons. The number of amidine groups is 1. The van der Waals surface area contributed by atoms with Gasteiger partial charge in [-0.05, 0) is 37.0 Å². The van der Waals surface area contributed by atoms with Crippen LogP contribution in [0.5, 0.6) is 0 Å². The normalized spacial score (nSPS) is 20.0. The molecule has 2 aliphatic heterocycles. The van der Waals surface area contributed by atoms with Gasteiger partial charge in [0.25, 0.3) is 0 Å². The van der Waals surface area contributed by atoms with Crippen molar-refractivity contribution in [1.29, 1.82) is 0 Å². The van der Waals surface area contributed by atoms with E-state index in [0.717, 1.165) is 15.2 Å². The van der Waals surface area contributed by atoms with E-state index in [2.05, 4.69) is 20.9 Å². The first kappa shape index (κ1) is 15.4. The first-order chi connectivity index (χ1) is 10.6. The maximum Gasteiger partial charge on any atom is 0.338 e. The molecule has 1 aromatic carbocycles. The zero-order valence-corrected chi connectivity index (χ0v) is 14.6. The van der Waals surface area contributed by atoms with Crippen LogP contribution in [0.15, 0.2) is 56.6 Å². The average molecular weight is 379 g/mol. The van der Waals surface area contributed by atoms with Crippen LogP contribution in [-0.2, 0) is 9.53 Å².